The number of benzene rings is 2. The van der Waals surface area contributed by atoms with Crippen LogP contribution < -0.4 is 4.80 Å². The number of carbonyl (C=O) groups is 1. The third kappa shape index (κ3) is 3.70. The number of hydrogen-bond donors (Lipinski definition) is 0. The van der Waals surface area contributed by atoms with Gasteiger partial charge in [0.05, 0.1) is 16.8 Å². The molecule has 0 radical (unpaired) electrons. The van der Waals surface area contributed by atoms with E-state index in [1.807, 2.05) is 22.8 Å². The maximum Gasteiger partial charge on any atom is 0.279 e. The van der Waals surface area contributed by atoms with E-state index in [-0.39, 0.29) is 5.91 Å². The number of halogens is 2. The van der Waals surface area contributed by atoms with Gasteiger partial charge < -0.3 is 9.30 Å². The molecule has 3 rings (SSSR count). The Balaban J connectivity index is 2.11. The van der Waals surface area contributed by atoms with Crippen molar-refractivity contribution in [2.75, 3.05) is 13.7 Å². The van der Waals surface area contributed by atoms with Crippen molar-refractivity contribution in [1.82, 2.24) is 4.57 Å². The van der Waals surface area contributed by atoms with Crippen molar-refractivity contribution in [2.45, 2.75) is 6.54 Å². The number of methoxy groups -OCH3 is 1. The normalized spacial score (nSPS) is 12.0. The van der Waals surface area contributed by atoms with Gasteiger partial charge in [-0.15, -0.1) is 0 Å². The molecule has 124 valence electrons. The molecular weight excluding hydrogens is 367 g/mol. The van der Waals surface area contributed by atoms with E-state index in [1.54, 1.807) is 31.4 Å². The van der Waals surface area contributed by atoms with Crippen LogP contribution in [0.25, 0.3) is 10.2 Å². The van der Waals surface area contributed by atoms with Gasteiger partial charge in [0.1, 0.15) is 0 Å². The van der Waals surface area contributed by atoms with E-state index in [4.69, 9.17) is 27.9 Å². The van der Waals surface area contributed by atoms with Gasteiger partial charge >= 0.3 is 0 Å². The summed E-state index contributed by atoms with van der Waals surface area (Å²) in [6, 6.07) is 12.4. The molecule has 0 aliphatic heterocycles. The number of ether oxygens (including phenoxy) is 1. The standard InChI is InChI=1S/C17H14Cl2N2O2S/c1-23-8-7-21-14-6-5-13(19)10-15(14)24-17(21)20-16(22)11-3-2-4-12(18)9-11/h2-6,9-10H,7-8H2,1H3. The Kier molecular flexibility index (Phi) is 5.36. The zero-order valence-electron chi connectivity index (χ0n) is 12.8. The predicted molar refractivity (Wildman–Crippen MR) is 98.0 cm³/mol. The molecule has 3 aromatic rings. The van der Waals surface area contributed by atoms with Gasteiger partial charge in [0, 0.05) is 29.3 Å². The number of carbonyl (C=O) groups excluding carboxylic acids is 1. The van der Waals surface area contributed by atoms with E-state index in [2.05, 4.69) is 4.99 Å². The summed E-state index contributed by atoms with van der Waals surface area (Å²) in [7, 11) is 1.64. The highest BCUT2D eigenvalue weighted by atomic mass is 35.5. The molecule has 7 heteroatoms. The molecule has 2 aromatic carbocycles. The van der Waals surface area contributed by atoms with Crippen LogP contribution in [-0.4, -0.2) is 24.2 Å². The molecule has 0 aliphatic rings. The fourth-order valence-corrected chi connectivity index (χ4v) is 3.82. The Hall–Kier alpha value is -1.66. The molecule has 0 atom stereocenters. The molecule has 1 amide bonds. The lowest BCUT2D eigenvalue weighted by Gasteiger charge is -2.04. The van der Waals surface area contributed by atoms with Gasteiger partial charge in [0.15, 0.2) is 4.80 Å². The van der Waals surface area contributed by atoms with Crippen molar-refractivity contribution in [1.29, 1.82) is 0 Å². The number of fused-ring (bicyclic) bond motifs is 1. The summed E-state index contributed by atoms with van der Waals surface area (Å²) >= 11 is 13.4. The van der Waals surface area contributed by atoms with Gasteiger partial charge in [-0.3, -0.25) is 4.79 Å². The molecule has 4 nitrogen and oxygen atoms in total. The molecule has 1 heterocycles. The predicted octanol–water partition coefficient (Wildman–Crippen LogP) is 4.40. The van der Waals surface area contributed by atoms with E-state index < -0.39 is 0 Å². The number of amides is 1. The second-order valence-corrected chi connectivity index (χ2v) is 6.95. The summed E-state index contributed by atoms with van der Waals surface area (Å²) in [5.41, 5.74) is 1.43. The Bertz CT molecular complexity index is 963. The largest absolute Gasteiger partial charge is 0.383 e. The van der Waals surface area contributed by atoms with E-state index in [0.717, 1.165) is 10.2 Å². The highest BCUT2D eigenvalue weighted by Gasteiger charge is 2.10. The summed E-state index contributed by atoms with van der Waals surface area (Å²) in [6.07, 6.45) is 0. The van der Waals surface area contributed by atoms with Gasteiger partial charge in [-0.25, -0.2) is 0 Å². The second-order valence-electron chi connectivity index (χ2n) is 5.07. The molecule has 0 N–H and O–H groups in total. The molecule has 0 saturated carbocycles. The maximum atomic E-state index is 12.4. The van der Waals surface area contributed by atoms with Crippen LogP contribution in [0, 0.1) is 0 Å². The molecule has 0 aliphatic carbocycles. The van der Waals surface area contributed by atoms with Crippen molar-refractivity contribution < 1.29 is 9.53 Å². The number of aromatic nitrogens is 1. The topological polar surface area (TPSA) is 43.6 Å². The lowest BCUT2D eigenvalue weighted by atomic mass is 10.2. The van der Waals surface area contributed by atoms with Crippen molar-refractivity contribution in [3.63, 3.8) is 0 Å². The number of thiazole rings is 1. The summed E-state index contributed by atoms with van der Waals surface area (Å²) in [6.45, 7) is 1.12. The molecule has 0 spiro atoms. The Morgan fingerprint density at radius 3 is 2.75 bits per heavy atom. The zero-order chi connectivity index (χ0) is 17.1. The van der Waals surface area contributed by atoms with E-state index in [9.17, 15) is 4.79 Å². The van der Waals surface area contributed by atoms with E-state index in [0.29, 0.717) is 33.6 Å². The van der Waals surface area contributed by atoms with Crippen LogP contribution >= 0.6 is 34.5 Å². The maximum absolute atomic E-state index is 12.4. The van der Waals surface area contributed by atoms with Gasteiger partial charge in [-0.05, 0) is 36.4 Å². The summed E-state index contributed by atoms with van der Waals surface area (Å²) in [5.74, 6) is -0.332. The number of hydrogen-bond acceptors (Lipinski definition) is 3. The monoisotopic (exact) mass is 380 g/mol. The first-order valence-electron chi connectivity index (χ1n) is 7.21. The third-order valence-electron chi connectivity index (χ3n) is 3.43. The SMILES string of the molecule is COCCn1c(=NC(=O)c2cccc(Cl)c2)sc2cc(Cl)ccc21. The van der Waals surface area contributed by atoms with Gasteiger partial charge in [-0.1, -0.05) is 40.6 Å². The molecule has 0 fully saturated rings. The van der Waals surface area contributed by atoms with Crippen molar-refractivity contribution in [2.24, 2.45) is 4.99 Å². The quantitative estimate of drug-likeness (QED) is 0.673. The molecular formula is C17H14Cl2N2O2S. The minimum absolute atomic E-state index is 0.332. The van der Waals surface area contributed by atoms with Crippen LogP contribution in [0.3, 0.4) is 0 Å². The van der Waals surface area contributed by atoms with Crippen molar-refractivity contribution in [3.8, 4) is 0 Å². The number of nitrogens with zero attached hydrogens (tertiary/aromatic N) is 2. The first-order chi connectivity index (χ1) is 11.6. The summed E-state index contributed by atoms with van der Waals surface area (Å²) in [4.78, 5) is 17.3. The van der Waals surface area contributed by atoms with Crippen molar-refractivity contribution >= 4 is 50.7 Å². The van der Waals surface area contributed by atoms with Crippen LogP contribution in [-0.2, 0) is 11.3 Å². The highest BCUT2D eigenvalue weighted by Crippen LogP contribution is 2.22. The zero-order valence-corrected chi connectivity index (χ0v) is 15.2. The van der Waals surface area contributed by atoms with Crippen LogP contribution in [0.15, 0.2) is 47.5 Å². The lowest BCUT2D eigenvalue weighted by Crippen LogP contribution is -2.19. The average Bonchev–Trinajstić information content (AvgIpc) is 2.89. The third-order valence-corrected chi connectivity index (χ3v) is 4.94. The fourth-order valence-electron chi connectivity index (χ4n) is 2.30. The first-order valence-corrected chi connectivity index (χ1v) is 8.78. The molecule has 0 unspecified atom stereocenters. The van der Waals surface area contributed by atoms with Gasteiger partial charge in [0.25, 0.3) is 5.91 Å². The minimum atomic E-state index is -0.332. The molecule has 24 heavy (non-hydrogen) atoms. The smallest absolute Gasteiger partial charge is 0.279 e. The lowest BCUT2D eigenvalue weighted by molar-refractivity contribution is 0.0997. The highest BCUT2D eigenvalue weighted by molar-refractivity contribution is 7.16. The summed E-state index contributed by atoms with van der Waals surface area (Å²) in [5, 5.41) is 1.15. The molecule has 0 saturated heterocycles. The van der Waals surface area contributed by atoms with E-state index >= 15 is 0 Å². The minimum Gasteiger partial charge on any atom is -0.383 e. The Labute approximate surface area is 152 Å². The van der Waals surface area contributed by atoms with E-state index in [1.165, 1.54) is 11.3 Å². The average molecular weight is 381 g/mol. The van der Waals surface area contributed by atoms with Gasteiger partial charge in [-0.2, -0.15) is 4.99 Å². The fraction of sp³-hybridized carbons (Fsp3) is 0.176. The Morgan fingerprint density at radius 1 is 1.21 bits per heavy atom. The van der Waals surface area contributed by atoms with Crippen molar-refractivity contribution in [3.05, 3.63) is 62.9 Å². The number of rotatable bonds is 4. The second kappa shape index (κ2) is 7.49. The van der Waals surface area contributed by atoms with Crippen LogP contribution in [0.1, 0.15) is 10.4 Å². The van der Waals surface area contributed by atoms with Crippen LogP contribution in [0.2, 0.25) is 10.0 Å². The molecule has 1 aromatic heterocycles. The molecule has 0 bridgehead atoms. The van der Waals surface area contributed by atoms with Gasteiger partial charge in [0.2, 0.25) is 0 Å². The van der Waals surface area contributed by atoms with Crippen LogP contribution in [0.4, 0.5) is 0 Å². The summed E-state index contributed by atoms with van der Waals surface area (Å²) < 4.78 is 8.09. The van der Waals surface area contributed by atoms with Crippen LogP contribution in [0.5, 0.6) is 0 Å². The first kappa shape index (κ1) is 17.2. The Morgan fingerprint density at radius 2 is 2.00 bits per heavy atom.